The van der Waals surface area contributed by atoms with Crippen molar-refractivity contribution in [3.05, 3.63) is 42.2 Å². The first-order chi connectivity index (χ1) is 9.08. The number of hydrogen-bond donors (Lipinski definition) is 1. The number of carbonyl (C=O) groups is 2. The molecule has 0 aromatic heterocycles. The van der Waals surface area contributed by atoms with Crippen LogP contribution in [0.5, 0.6) is 0 Å². The Labute approximate surface area is 111 Å². The molecule has 2 rings (SSSR count). The van der Waals surface area contributed by atoms with E-state index in [1.54, 1.807) is 13.8 Å². The van der Waals surface area contributed by atoms with Crippen LogP contribution in [0.4, 0.5) is 5.69 Å². The Morgan fingerprint density at radius 3 is 2.58 bits per heavy atom. The molecule has 0 fully saturated rings. The molecule has 5 heteroatoms. The third kappa shape index (κ3) is 3.07. The van der Waals surface area contributed by atoms with Crippen molar-refractivity contribution in [1.29, 1.82) is 0 Å². The zero-order valence-corrected chi connectivity index (χ0v) is 10.7. The first kappa shape index (κ1) is 13.0. The van der Waals surface area contributed by atoms with Crippen molar-refractivity contribution in [2.75, 3.05) is 5.43 Å². The fourth-order valence-corrected chi connectivity index (χ4v) is 1.75. The van der Waals surface area contributed by atoms with Crippen LogP contribution in [0.2, 0.25) is 0 Å². The number of carbonyl (C=O) groups excluding carboxylic acids is 2. The third-order valence-electron chi connectivity index (χ3n) is 2.68. The summed E-state index contributed by atoms with van der Waals surface area (Å²) in [6.07, 6.45) is 1.31. The number of cyclic esters (lactones) is 1. The second-order valence-corrected chi connectivity index (χ2v) is 4.24. The molecule has 0 unspecified atom stereocenters. The highest BCUT2D eigenvalue weighted by molar-refractivity contribution is 6.22. The van der Waals surface area contributed by atoms with Crippen molar-refractivity contribution in [1.82, 2.24) is 0 Å². The first-order valence-electron chi connectivity index (χ1n) is 5.87. The predicted octanol–water partition coefficient (Wildman–Crippen LogP) is 2.12. The fourth-order valence-electron chi connectivity index (χ4n) is 1.75. The van der Waals surface area contributed by atoms with Crippen molar-refractivity contribution in [2.24, 2.45) is 11.0 Å². The second kappa shape index (κ2) is 5.48. The molecule has 1 aliphatic rings. The van der Waals surface area contributed by atoms with Gasteiger partial charge < -0.3 is 4.74 Å². The predicted molar refractivity (Wildman–Crippen MR) is 71.5 cm³/mol. The summed E-state index contributed by atoms with van der Waals surface area (Å²) in [5, 5.41) is 4.06. The Hall–Kier alpha value is -2.43. The van der Waals surface area contributed by atoms with Crippen LogP contribution in [-0.2, 0) is 14.3 Å². The zero-order chi connectivity index (χ0) is 13.8. The van der Waals surface area contributed by atoms with Gasteiger partial charge in [0.25, 0.3) is 0 Å². The molecule has 0 aliphatic carbocycles. The second-order valence-electron chi connectivity index (χ2n) is 4.24. The van der Waals surface area contributed by atoms with Gasteiger partial charge in [-0.3, -0.25) is 15.0 Å². The lowest BCUT2D eigenvalue weighted by atomic mass is 9.97. The molecule has 0 saturated heterocycles. The number of hydrogen-bond acceptors (Lipinski definition) is 5. The number of ketones is 1. The SMILES string of the molecule is CC1=CC(=O)[C@H](C(C)=NNc2ccccc2)C(=O)O1. The molecule has 0 bridgehead atoms. The molecule has 19 heavy (non-hydrogen) atoms. The molecule has 1 aromatic carbocycles. The monoisotopic (exact) mass is 258 g/mol. The van der Waals surface area contributed by atoms with Gasteiger partial charge >= 0.3 is 5.97 Å². The van der Waals surface area contributed by atoms with Crippen LogP contribution in [-0.4, -0.2) is 17.5 Å². The van der Waals surface area contributed by atoms with E-state index in [1.165, 1.54) is 6.08 Å². The van der Waals surface area contributed by atoms with Gasteiger partial charge in [0.05, 0.1) is 11.4 Å². The van der Waals surface area contributed by atoms with E-state index in [2.05, 4.69) is 10.5 Å². The van der Waals surface area contributed by atoms with Crippen molar-refractivity contribution in [3.63, 3.8) is 0 Å². The molecule has 1 aromatic rings. The maximum atomic E-state index is 11.8. The lowest BCUT2D eigenvalue weighted by molar-refractivity contribution is -0.146. The van der Waals surface area contributed by atoms with Gasteiger partial charge in [-0.15, -0.1) is 0 Å². The van der Waals surface area contributed by atoms with Gasteiger partial charge in [-0.05, 0) is 26.0 Å². The number of rotatable bonds is 3. The van der Waals surface area contributed by atoms with Gasteiger partial charge in [0.15, 0.2) is 11.7 Å². The third-order valence-corrected chi connectivity index (χ3v) is 2.68. The molecule has 0 amide bonds. The van der Waals surface area contributed by atoms with E-state index in [0.717, 1.165) is 5.69 Å². The quantitative estimate of drug-likeness (QED) is 0.390. The zero-order valence-electron chi connectivity index (χ0n) is 10.7. The molecular formula is C14H14N2O3. The summed E-state index contributed by atoms with van der Waals surface area (Å²) in [4.78, 5) is 23.5. The topological polar surface area (TPSA) is 67.8 Å². The van der Waals surface area contributed by atoms with Crippen LogP contribution in [0.25, 0.3) is 0 Å². The van der Waals surface area contributed by atoms with Crippen LogP contribution in [0.3, 0.4) is 0 Å². The number of allylic oxidation sites excluding steroid dienone is 2. The normalized spacial score (nSPS) is 19.8. The Balaban J connectivity index is 2.13. The summed E-state index contributed by atoms with van der Waals surface area (Å²) >= 11 is 0. The van der Waals surface area contributed by atoms with E-state index in [9.17, 15) is 9.59 Å². The number of benzene rings is 1. The van der Waals surface area contributed by atoms with E-state index < -0.39 is 11.9 Å². The summed E-state index contributed by atoms with van der Waals surface area (Å²) in [6.45, 7) is 3.19. The summed E-state index contributed by atoms with van der Waals surface area (Å²) < 4.78 is 4.94. The Bertz CT molecular complexity index is 561. The Morgan fingerprint density at radius 1 is 1.26 bits per heavy atom. The van der Waals surface area contributed by atoms with Gasteiger partial charge in [-0.1, -0.05) is 18.2 Å². The smallest absolute Gasteiger partial charge is 0.327 e. The summed E-state index contributed by atoms with van der Waals surface area (Å²) in [5.74, 6) is -1.53. The van der Waals surface area contributed by atoms with E-state index >= 15 is 0 Å². The summed E-state index contributed by atoms with van der Waals surface area (Å²) in [6, 6.07) is 9.28. The standard InChI is InChI=1S/C14H14N2O3/c1-9-8-12(17)13(14(18)19-9)10(2)15-16-11-6-4-3-5-7-11/h3-8,13,16H,1-2H3/t13-/m0/s1. The average Bonchev–Trinajstić information content (AvgIpc) is 2.36. The van der Waals surface area contributed by atoms with Crippen molar-refractivity contribution in [3.8, 4) is 0 Å². The maximum absolute atomic E-state index is 11.8. The van der Waals surface area contributed by atoms with Gasteiger partial charge in [0, 0.05) is 6.08 Å². The molecule has 1 heterocycles. The van der Waals surface area contributed by atoms with E-state index in [4.69, 9.17) is 4.74 Å². The molecule has 0 radical (unpaired) electrons. The number of hydrazone groups is 1. The minimum atomic E-state index is -0.958. The van der Waals surface area contributed by atoms with Gasteiger partial charge in [-0.25, -0.2) is 0 Å². The van der Waals surface area contributed by atoms with Crippen molar-refractivity contribution < 1.29 is 14.3 Å². The van der Waals surface area contributed by atoms with Crippen LogP contribution >= 0.6 is 0 Å². The van der Waals surface area contributed by atoms with E-state index in [0.29, 0.717) is 11.5 Å². The van der Waals surface area contributed by atoms with Gasteiger partial charge in [0.1, 0.15) is 5.76 Å². The lowest BCUT2D eigenvalue weighted by Gasteiger charge is -2.18. The maximum Gasteiger partial charge on any atom is 0.327 e. The minimum Gasteiger partial charge on any atom is -0.430 e. The first-order valence-corrected chi connectivity index (χ1v) is 5.87. The molecular weight excluding hydrogens is 244 g/mol. The molecule has 1 N–H and O–H groups in total. The van der Waals surface area contributed by atoms with Crippen molar-refractivity contribution in [2.45, 2.75) is 13.8 Å². The number of nitrogens with zero attached hydrogens (tertiary/aromatic N) is 1. The molecule has 1 atom stereocenters. The minimum absolute atomic E-state index is 0.301. The molecule has 5 nitrogen and oxygen atoms in total. The number of anilines is 1. The van der Waals surface area contributed by atoms with E-state index in [1.807, 2.05) is 30.3 Å². The van der Waals surface area contributed by atoms with Crippen LogP contribution in [0.15, 0.2) is 47.3 Å². The number of esters is 1. The number of nitrogens with one attached hydrogen (secondary N) is 1. The highest BCUT2D eigenvalue weighted by atomic mass is 16.5. The van der Waals surface area contributed by atoms with Gasteiger partial charge in [-0.2, -0.15) is 5.10 Å². The van der Waals surface area contributed by atoms with E-state index in [-0.39, 0.29) is 5.78 Å². The van der Waals surface area contributed by atoms with Crippen LogP contribution in [0, 0.1) is 5.92 Å². The van der Waals surface area contributed by atoms with Crippen molar-refractivity contribution >= 4 is 23.2 Å². The molecule has 0 spiro atoms. The highest BCUT2D eigenvalue weighted by Gasteiger charge is 2.33. The Morgan fingerprint density at radius 2 is 1.95 bits per heavy atom. The number of ether oxygens (including phenoxy) is 1. The largest absolute Gasteiger partial charge is 0.430 e. The molecule has 1 aliphatic heterocycles. The molecule has 0 saturated carbocycles. The average molecular weight is 258 g/mol. The Kier molecular flexibility index (Phi) is 3.75. The summed E-state index contributed by atoms with van der Waals surface area (Å²) in [7, 11) is 0. The lowest BCUT2D eigenvalue weighted by Crippen LogP contribution is -2.34. The number of para-hydroxylation sites is 1. The van der Waals surface area contributed by atoms with Gasteiger partial charge in [0.2, 0.25) is 0 Å². The summed E-state index contributed by atoms with van der Waals surface area (Å²) in [5.41, 5.74) is 3.96. The van der Waals surface area contributed by atoms with Crippen LogP contribution < -0.4 is 5.43 Å². The van der Waals surface area contributed by atoms with Crippen LogP contribution in [0.1, 0.15) is 13.8 Å². The fraction of sp³-hybridized carbons (Fsp3) is 0.214. The highest BCUT2D eigenvalue weighted by Crippen LogP contribution is 2.16. The molecule has 98 valence electrons.